The highest BCUT2D eigenvalue weighted by molar-refractivity contribution is 4.91. The molecule has 0 bridgehead atoms. The minimum atomic E-state index is 0.344. The van der Waals surface area contributed by atoms with Gasteiger partial charge in [-0.1, -0.05) is 0 Å². The first-order chi connectivity index (χ1) is 8.33. The van der Waals surface area contributed by atoms with E-state index in [2.05, 4.69) is 14.9 Å². The maximum Gasteiger partial charge on any atom is 0.142 e. The zero-order chi connectivity index (χ0) is 12.1. The Morgan fingerprint density at radius 1 is 1.47 bits per heavy atom. The van der Waals surface area contributed by atoms with Gasteiger partial charge in [0.05, 0.1) is 12.6 Å². The third-order valence-electron chi connectivity index (χ3n) is 3.36. The van der Waals surface area contributed by atoms with Crippen molar-refractivity contribution >= 4 is 0 Å². The molecule has 1 aromatic rings. The lowest BCUT2D eigenvalue weighted by molar-refractivity contribution is 0.00930. The number of nitrogens with zero attached hydrogens (tertiary/aromatic N) is 3. The number of likely N-dealkylation sites (tertiary alicyclic amines) is 1. The number of aromatic nitrogens is 2. The largest absolute Gasteiger partial charge is 0.381 e. The van der Waals surface area contributed by atoms with E-state index in [0.29, 0.717) is 18.7 Å². The molecule has 2 atom stereocenters. The van der Waals surface area contributed by atoms with Gasteiger partial charge in [0.2, 0.25) is 0 Å². The second-order valence-corrected chi connectivity index (χ2v) is 4.41. The van der Waals surface area contributed by atoms with Gasteiger partial charge < -0.3 is 10.5 Å². The zero-order valence-electron chi connectivity index (χ0n) is 10.2. The molecule has 1 saturated heterocycles. The third-order valence-corrected chi connectivity index (χ3v) is 3.36. The fourth-order valence-corrected chi connectivity index (χ4v) is 2.32. The standard InChI is InChI=1S/C12H20N4O/c1-17-11-3-6-16(10(7-11)8-13)9-12-14-4-2-5-15-12/h2,4-5,10-11H,3,6-9,13H2,1H3. The van der Waals surface area contributed by atoms with E-state index in [9.17, 15) is 0 Å². The average molecular weight is 236 g/mol. The quantitative estimate of drug-likeness (QED) is 0.820. The molecular formula is C12H20N4O. The van der Waals surface area contributed by atoms with Crippen LogP contribution in [0.5, 0.6) is 0 Å². The molecule has 0 spiro atoms. The number of rotatable bonds is 4. The molecule has 1 aromatic heterocycles. The fraction of sp³-hybridized carbons (Fsp3) is 0.667. The minimum absolute atomic E-state index is 0.344. The molecular weight excluding hydrogens is 216 g/mol. The van der Waals surface area contributed by atoms with Gasteiger partial charge in [0.1, 0.15) is 5.82 Å². The molecule has 5 nitrogen and oxygen atoms in total. The van der Waals surface area contributed by atoms with Gasteiger partial charge in [-0.3, -0.25) is 4.90 Å². The first-order valence-corrected chi connectivity index (χ1v) is 6.06. The van der Waals surface area contributed by atoms with E-state index in [0.717, 1.165) is 31.8 Å². The van der Waals surface area contributed by atoms with E-state index in [1.165, 1.54) is 0 Å². The van der Waals surface area contributed by atoms with Gasteiger partial charge in [0.25, 0.3) is 0 Å². The van der Waals surface area contributed by atoms with Crippen molar-refractivity contribution < 1.29 is 4.74 Å². The van der Waals surface area contributed by atoms with Crippen LogP contribution >= 0.6 is 0 Å². The summed E-state index contributed by atoms with van der Waals surface area (Å²) in [5, 5.41) is 0. The number of hydrogen-bond acceptors (Lipinski definition) is 5. The van der Waals surface area contributed by atoms with Gasteiger partial charge in [-0.15, -0.1) is 0 Å². The summed E-state index contributed by atoms with van der Waals surface area (Å²) < 4.78 is 5.41. The highest BCUT2D eigenvalue weighted by Crippen LogP contribution is 2.20. The molecule has 1 aliphatic rings. The van der Waals surface area contributed by atoms with Crippen molar-refractivity contribution in [1.82, 2.24) is 14.9 Å². The predicted octanol–water partition coefficient (Wildman–Crippen LogP) is 0.415. The number of ether oxygens (including phenoxy) is 1. The van der Waals surface area contributed by atoms with Crippen molar-refractivity contribution in [2.45, 2.75) is 31.5 Å². The SMILES string of the molecule is COC1CCN(Cc2ncccn2)C(CN)C1. The van der Waals surface area contributed by atoms with E-state index in [1.807, 2.05) is 6.07 Å². The molecule has 2 heterocycles. The van der Waals surface area contributed by atoms with Crippen LogP contribution in [0.2, 0.25) is 0 Å². The van der Waals surface area contributed by atoms with Crippen LogP contribution < -0.4 is 5.73 Å². The maximum absolute atomic E-state index is 5.83. The van der Waals surface area contributed by atoms with Crippen molar-refractivity contribution in [2.24, 2.45) is 5.73 Å². The van der Waals surface area contributed by atoms with E-state index >= 15 is 0 Å². The van der Waals surface area contributed by atoms with E-state index in [-0.39, 0.29) is 0 Å². The summed E-state index contributed by atoms with van der Waals surface area (Å²) in [6, 6.07) is 2.21. The van der Waals surface area contributed by atoms with Crippen molar-refractivity contribution in [3.8, 4) is 0 Å². The number of piperidine rings is 1. The Hall–Kier alpha value is -1.04. The Balaban J connectivity index is 1.96. The van der Waals surface area contributed by atoms with E-state index in [4.69, 9.17) is 10.5 Å². The molecule has 0 aromatic carbocycles. The molecule has 17 heavy (non-hydrogen) atoms. The zero-order valence-corrected chi connectivity index (χ0v) is 10.2. The van der Waals surface area contributed by atoms with E-state index < -0.39 is 0 Å². The van der Waals surface area contributed by atoms with Crippen LogP contribution in [-0.4, -0.2) is 47.2 Å². The molecule has 1 aliphatic heterocycles. The molecule has 2 N–H and O–H groups in total. The summed E-state index contributed by atoms with van der Waals surface area (Å²) in [7, 11) is 1.77. The summed E-state index contributed by atoms with van der Waals surface area (Å²) in [5.41, 5.74) is 5.83. The average Bonchev–Trinajstić information content (AvgIpc) is 2.40. The van der Waals surface area contributed by atoms with Crippen LogP contribution in [0.15, 0.2) is 18.5 Å². The molecule has 94 valence electrons. The summed E-state index contributed by atoms with van der Waals surface area (Å²) >= 11 is 0. The van der Waals surface area contributed by atoms with Crippen LogP contribution in [0.4, 0.5) is 0 Å². The van der Waals surface area contributed by atoms with Gasteiger partial charge in [-0.05, 0) is 18.9 Å². The summed E-state index contributed by atoms with van der Waals surface area (Å²) in [5.74, 6) is 0.863. The second-order valence-electron chi connectivity index (χ2n) is 4.41. The first kappa shape index (κ1) is 12.4. The lowest BCUT2D eigenvalue weighted by Gasteiger charge is -2.37. The monoisotopic (exact) mass is 236 g/mol. The highest BCUT2D eigenvalue weighted by Gasteiger charge is 2.27. The summed E-state index contributed by atoms with van der Waals surface area (Å²) in [6.07, 6.45) is 5.96. The van der Waals surface area contributed by atoms with Crippen molar-refractivity contribution in [3.63, 3.8) is 0 Å². The van der Waals surface area contributed by atoms with Crippen LogP contribution in [0.3, 0.4) is 0 Å². The lowest BCUT2D eigenvalue weighted by atomic mass is 9.99. The van der Waals surface area contributed by atoms with Gasteiger partial charge in [-0.2, -0.15) is 0 Å². The Kier molecular flexibility index (Phi) is 4.42. The van der Waals surface area contributed by atoms with Crippen LogP contribution in [0, 0.1) is 0 Å². The van der Waals surface area contributed by atoms with Crippen LogP contribution in [-0.2, 0) is 11.3 Å². The molecule has 0 aliphatic carbocycles. The van der Waals surface area contributed by atoms with Gasteiger partial charge in [0.15, 0.2) is 0 Å². The third kappa shape index (κ3) is 3.21. The predicted molar refractivity (Wildman–Crippen MR) is 65.3 cm³/mol. The highest BCUT2D eigenvalue weighted by atomic mass is 16.5. The molecule has 0 amide bonds. The number of hydrogen-bond donors (Lipinski definition) is 1. The van der Waals surface area contributed by atoms with Crippen LogP contribution in [0.25, 0.3) is 0 Å². The Morgan fingerprint density at radius 2 is 2.24 bits per heavy atom. The van der Waals surface area contributed by atoms with E-state index in [1.54, 1.807) is 19.5 Å². The normalized spacial score (nSPS) is 26.0. The van der Waals surface area contributed by atoms with Gasteiger partial charge in [-0.25, -0.2) is 9.97 Å². The maximum atomic E-state index is 5.83. The molecule has 0 saturated carbocycles. The van der Waals surface area contributed by atoms with Crippen molar-refractivity contribution in [3.05, 3.63) is 24.3 Å². The molecule has 5 heteroatoms. The van der Waals surface area contributed by atoms with Crippen molar-refractivity contribution in [2.75, 3.05) is 20.2 Å². The summed E-state index contributed by atoms with van der Waals surface area (Å²) in [4.78, 5) is 10.9. The molecule has 2 rings (SSSR count). The molecule has 1 fully saturated rings. The van der Waals surface area contributed by atoms with Crippen LogP contribution in [0.1, 0.15) is 18.7 Å². The summed E-state index contributed by atoms with van der Waals surface area (Å²) in [6.45, 7) is 2.43. The molecule has 0 radical (unpaired) electrons. The number of methoxy groups -OCH3 is 1. The topological polar surface area (TPSA) is 64.3 Å². The Morgan fingerprint density at radius 3 is 2.88 bits per heavy atom. The van der Waals surface area contributed by atoms with Gasteiger partial charge in [0, 0.05) is 38.6 Å². The number of nitrogens with two attached hydrogens (primary N) is 1. The van der Waals surface area contributed by atoms with Crippen molar-refractivity contribution in [1.29, 1.82) is 0 Å². The lowest BCUT2D eigenvalue weighted by Crippen LogP contribution is -2.48. The minimum Gasteiger partial charge on any atom is -0.381 e. The first-order valence-electron chi connectivity index (χ1n) is 6.06. The Bertz CT molecular complexity index is 333. The van der Waals surface area contributed by atoms with Gasteiger partial charge >= 0.3 is 0 Å². The molecule has 2 unspecified atom stereocenters. The fourth-order valence-electron chi connectivity index (χ4n) is 2.32. The smallest absolute Gasteiger partial charge is 0.142 e. The Labute approximate surface area is 102 Å². The second kappa shape index (κ2) is 6.05.